The van der Waals surface area contributed by atoms with Crippen LogP contribution in [-0.4, -0.2) is 24.9 Å². The van der Waals surface area contributed by atoms with E-state index in [9.17, 15) is 13.2 Å². The standard InChI is InChI=1S/C7H12F3NO/c8-7(9,10)6(11)4-5-2-1-3-12-5/h5-6H,1-4,11H2/t5-,6+/m0/s1. The van der Waals surface area contributed by atoms with Crippen LogP contribution in [0.1, 0.15) is 19.3 Å². The molecule has 0 aromatic rings. The average Bonchev–Trinajstić information content (AvgIpc) is 2.37. The number of hydrogen-bond acceptors (Lipinski definition) is 2. The van der Waals surface area contributed by atoms with E-state index in [1.807, 2.05) is 0 Å². The molecule has 5 heteroatoms. The highest BCUT2D eigenvalue weighted by atomic mass is 19.4. The van der Waals surface area contributed by atoms with Crippen LogP contribution in [0, 0.1) is 0 Å². The van der Waals surface area contributed by atoms with Crippen LogP contribution in [0.5, 0.6) is 0 Å². The van der Waals surface area contributed by atoms with Crippen molar-refractivity contribution < 1.29 is 17.9 Å². The van der Waals surface area contributed by atoms with E-state index < -0.39 is 12.2 Å². The molecule has 0 aromatic heterocycles. The molecule has 2 atom stereocenters. The van der Waals surface area contributed by atoms with Crippen LogP contribution in [0.3, 0.4) is 0 Å². The highest BCUT2D eigenvalue weighted by Gasteiger charge is 2.38. The molecule has 1 aliphatic rings. The molecule has 0 radical (unpaired) electrons. The summed E-state index contributed by atoms with van der Waals surface area (Å²) in [5.41, 5.74) is 4.93. The second-order valence-electron chi connectivity index (χ2n) is 3.02. The van der Waals surface area contributed by atoms with Gasteiger partial charge in [0, 0.05) is 6.61 Å². The lowest BCUT2D eigenvalue weighted by atomic mass is 10.1. The van der Waals surface area contributed by atoms with Crippen molar-refractivity contribution in [1.29, 1.82) is 0 Å². The van der Waals surface area contributed by atoms with Gasteiger partial charge in [-0.15, -0.1) is 0 Å². The molecule has 0 aromatic carbocycles. The van der Waals surface area contributed by atoms with Gasteiger partial charge >= 0.3 is 6.18 Å². The fourth-order valence-electron chi connectivity index (χ4n) is 1.25. The summed E-state index contributed by atoms with van der Waals surface area (Å²) in [4.78, 5) is 0. The van der Waals surface area contributed by atoms with Crippen molar-refractivity contribution in [3.63, 3.8) is 0 Å². The van der Waals surface area contributed by atoms with Gasteiger partial charge in [0.2, 0.25) is 0 Å². The zero-order chi connectivity index (χ0) is 9.19. The van der Waals surface area contributed by atoms with Crippen LogP contribution in [0.25, 0.3) is 0 Å². The minimum atomic E-state index is -4.29. The Morgan fingerprint density at radius 2 is 2.17 bits per heavy atom. The van der Waals surface area contributed by atoms with Gasteiger partial charge < -0.3 is 10.5 Å². The number of hydrogen-bond donors (Lipinski definition) is 1. The summed E-state index contributed by atoms with van der Waals surface area (Å²) < 4.78 is 40.8. The van der Waals surface area contributed by atoms with E-state index in [2.05, 4.69) is 0 Å². The van der Waals surface area contributed by atoms with Gasteiger partial charge in [0.15, 0.2) is 0 Å². The molecule has 0 amide bonds. The minimum Gasteiger partial charge on any atom is -0.378 e. The molecule has 1 saturated heterocycles. The number of nitrogens with two attached hydrogens (primary N) is 1. The third-order valence-electron chi connectivity index (χ3n) is 1.96. The molecule has 1 rings (SSSR count). The molecule has 0 aliphatic carbocycles. The molecule has 2 nitrogen and oxygen atoms in total. The molecular weight excluding hydrogens is 171 g/mol. The zero-order valence-corrected chi connectivity index (χ0v) is 6.60. The SMILES string of the molecule is N[C@H](C[C@@H]1CCCO1)C(F)(F)F. The van der Waals surface area contributed by atoms with Gasteiger partial charge in [-0.05, 0) is 19.3 Å². The average molecular weight is 183 g/mol. The summed E-state index contributed by atoms with van der Waals surface area (Å²) in [6.07, 6.45) is -3.14. The Hall–Kier alpha value is -0.290. The highest BCUT2D eigenvalue weighted by molar-refractivity contribution is 4.77. The van der Waals surface area contributed by atoms with Gasteiger partial charge in [0.05, 0.1) is 6.10 Å². The maximum Gasteiger partial charge on any atom is 0.403 e. The maximum atomic E-state index is 11.9. The second kappa shape index (κ2) is 3.62. The van der Waals surface area contributed by atoms with Gasteiger partial charge in [-0.2, -0.15) is 13.2 Å². The third-order valence-corrected chi connectivity index (χ3v) is 1.96. The highest BCUT2D eigenvalue weighted by Crippen LogP contribution is 2.25. The van der Waals surface area contributed by atoms with Crippen molar-refractivity contribution >= 4 is 0 Å². The van der Waals surface area contributed by atoms with Crippen LogP contribution >= 0.6 is 0 Å². The fraction of sp³-hybridized carbons (Fsp3) is 1.00. The van der Waals surface area contributed by atoms with Crippen molar-refractivity contribution in [2.24, 2.45) is 5.73 Å². The summed E-state index contributed by atoms with van der Waals surface area (Å²) in [5.74, 6) is 0. The van der Waals surface area contributed by atoms with Crippen LogP contribution < -0.4 is 5.73 Å². The molecule has 0 spiro atoms. The van der Waals surface area contributed by atoms with Gasteiger partial charge in [-0.1, -0.05) is 0 Å². The van der Waals surface area contributed by atoms with E-state index in [-0.39, 0.29) is 12.5 Å². The van der Waals surface area contributed by atoms with Crippen molar-refractivity contribution in [3.05, 3.63) is 0 Å². The van der Waals surface area contributed by atoms with Crippen LogP contribution in [0.2, 0.25) is 0 Å². The van der Waals surface area contributed by atoms with Crippen molar-refractivity contribution in [2.45, 2.75) is 37.6 Å². The molecule has 1 heterocycles. The summed E-state index contributed by atoms with van der Waals surface area (Å²) in [6, 6.07) is -1.74. The molecule has 72 valence electrons. The number of ether oxygens (including phenoxy) is 1. The minimum absolute atomic E-state index is 0.108. The molecule has 12 heavy (non-hydrogen) atoms. The lowest BCUT2D eigenvalue weighted by Crippen LogP contribution is -2.39. The van der Waals surface area contributed by atoms with E-state index in [1.54, 1.807) is 0 Å². The summed E-state index contributed by atoms with van der Waals surface area (Å²) in [6.45, 7) is 0.565. The Morgan fingerprint density at radius 3 is 2.58 bits per heavy atom. The fourth-order valence-corrected chi connectivity index (χ4v) is 1.25. The Balaban J connectivity index is 2.30. The first-order chi connectivity index (χ1) is 5.50. The van der Waals surface area contributed by atoms with Gasteiger partial charge in [-0.3, -0.25) is 0 Å². The smallest absolute Gasteiger partial charge is 0.378 e. The molecule has 0 saturated carbocycles. The van der Waals surface area contributed by atoms with Gasteiger partial charge in [0.25, 0.3) is 0 Å². The molecule has 0 unspecified atom stereocenters. The largest absolute Gasteiger partial charge is 0.403 e. The van der Waals surface area contributed by atoms with E-state index >= 15 is 0 Å². The number of rotatable bonds is 2. The third kappa shape index (κ3) is 2.64. The molecule has 1 aliphatic heterocycles. The predicted molar refractivity (Wildman–Crippen MR) is 37.6 cm³/mol. The summed E-state index contributed by atoms with van der Waals surface area (Å²) in [7, 11) is 0. The van der Waals surface area contributed by atoms with Crippen LogP contribution in [0.4, 0.5) is 13.2 Å². The van der Waals surface area contributed by atoms with E-state index in [4.69, 9.17) is 10.5 Å². The first-order valence-electron chi connectivity index (χ1n) is 3.94. The molecule has 2 N–H and O–H groups in total. The number of halogens is 3. The second-order valence-corrected chi connectivity index (χ2v) is 3.02. The summed E-state index contributed by atoms with van der Waals surface area (Å²) >= 11 is 0. The number of alkyl halides is 3. The Kier molecular flexibility index (Phi) is 2.95. The van der Waals surface area contributed by atoms with Crippen molar-refractivity contribution in [2.75, 3.05) is 6.61 Å². The lowest BCUT2D eigenvalue weighted by Gasteiger charge is -2.18. The van der Waals surface area contributed by atoms with E-state index in [0.717, 1.165) is 6.42 Å². The lowest BCUT2D eigenvalue weighted by molar-refractivity contribution is -0.154. The quantitative estimate of drug-likeness (QED) is 0.703. The Bertz CT molecular complexity index is 142. The first-order valence-corrected chi connectivity index (χ1v) is 3.94. The maximum absolute atomic E-state index is 11.9. The molecule has 0 bridgehead atoms. The monoisotopic (exact) mass is 183 g/mol. The van der Waals surface area contributed by atoms with E-state index in [1.165, 1.54) is 0 Å². The van der Waals surface area contributed by atoms with Gasteiger partial charge in [0.1, 0.15) is 6.04 Å². The Morgan fingerprint density at radius 1 is 1.50 bits per heavy atom. The Labute approximate surface area is 68.9 Å². The predicted octanol–water partition coefficient (Wildman–Crippen LogP) is 1.45. The van der Waals surface area contributed by atoms with Crippen LogP contribution in [-0.2, 0) is 4.74 Å². The molecule has 1 fully saturated rings. The topological polar surface area (TPSA) is 35.2 Å². The van der Waals surface area contributed by atoms with Crippen molar-refractivity contribution in [3.8, 4) is 0 Å². The first kappa shape index (κ1) is 9.80. The van der Waals surface area contributed by atoms with E-state index in [0.29, 0.717) is 13.0 Å². The molecular formula is C7H12F3NO. The normalized spacial score (nSPS) is 27.5. The van der Waals surface area contributed by atoms with Crippen molar-refractivity contribution in [1.82, 2.24) is 0 Å². The van der Waals surface area contributed by atoms with Gasteiger partial charge in [-0.25, -0.2) is 0 Å². The summed E-state index contributed by atoms with van der Waals surface area (Å²) in [5, 5.41) is 0. The van der Waals surface area contributed by atoms with Crippen LogP contribution in [0.15, 0.2) is 0 Å². The zero-order valence-electron chi connectivity index (χ0n) is 6.60.